The Morgan fingerprint density at radius 2 is 1.50 bits per heavy atom. The molecule has 0 bridgehead atoms. The molecule has 0 unspecified atom stereocenters. The number of rotatable bonds is 9. The Bertz CT molecular complexity index is 1260. The molecule has 1 aromatic rings. The molecule has 14 heteroatoms. The van der Waals surface area contributed by atoms with Crippen LogP contribution in [0.4, 0.5) is 5.69 Å². The smallest absolute Gasteiger partial charge is 0.303 e. The number of aliphatic imine (C=N–C) groups is 1. The number of carbonyl (C=O) groups excluding carboxylic acids is 5. The van der Waals surface area contributed by atoms with E-state index in [0.29, 0.717) is 0 Å². The normalized spacial score (nSPS) is 24.6. The maximum Gasteiger partial charge on any atom is 0.303 e. The van der Waals surface area contributed by atoms with Gasteiger partial charge in [-0.3, -0.25) is 28.9 Å². The van der Waals surface area contributed by atoms with E-state index in [1.54, 1.807) is 13.0 Å². The summed E-state index contributed by atoms with van der Waals surface area (Å²) in [4.78, 5) is 69.0. The Kier molecular flexibility index (Phi) is 11.1. The van der Waals surface area contributed by atoms with E-state index in [9.17, 15) is 24.0 Å². The van der Waals surface area contributed by atoms with Crippen LogP contribution < -0.4 is 4.90 Å². The molecule has 13 nitrogen and oxygen atoms in total. The molecule has 2 heterocycles. The summed E-state index contributed by atoms with van der Waals surface area (Å²) in [6.07, 6.45) is -3.32. The predicted molar refractivity (Wildman–Crippen MR) is 153 cm³/mol. The first-order chi connectivity index (χ1) is 19.8. The largest absolute Gasteiger partial charge is 0.463 e. The van der Waals surface area contributed by atoms with Gasteiger partial charge in [-0.05, 0) is 30.7 Å². The summed E-state index contributed by atoms with van der Waals surface area (Å²) in [7, 11) is 3.85. The average molecular weight is 606 g/mol. The van der Waals surface area contributed by atoms with Gasteiger partial charge in [0.15, 0.2) is 28.9 Å². The average Bonchev–Trinajstić information content (AvgIpc) is 3.19. The van der Waals surface area contributed by atoms with Gasteiger partial charge in [0.1, 0.15) is 18.4 Å². The van der Waals surface area contributed by atoms with Gasteiger partial charge in [0.25, 0.3) is 5.91 Å². The van der Waals surface area contributed by atoms with Crippen molar-refractivity contribution in [3.05, 3.63) is 35.5 Å². The maximum atomic E-state index is 13.3. The van der Waals surface area contributed by atoms with Gasteiger partial charge in [0.2, 0.25) is 0 Å². The van der Waals surface area contributed by atoms with Crippen molar-refractivity contribution < 1.29 is 47.7 Å². The number of ether oxygens (including phenoxy) is 5. The number of likely N-dealkylation sites (N-methyl/N-ethyl adjacent to an activating group) is 1. The molecule has 0 aromatic heterocycles. The van der Waals surface area contributed by atoms with Gasteiger partial charge in [-0.25, -0.2) is 4.99 Å². The summed E-state index contributed by atoms with van der Waals surface area (Å²) in [6, 6.07) is 7.57. The molecule has 3 rings (SSSR count). The number of esters is 4. The van der Waals surface area contributed by atoms with Gasteiger partial charge >= 0.3 is 23.9 Å². The van der Waals surface area contributed by atoms with E-state index in [1.807, 2.05) is 43.3 Å². The number of amides is 1. The van der Waals surface area contributed by atoms with Crippen molar-refractivity contribution in [1.82, 2.24) is 4.90 Å². The van der Waals surface area contributed by atoms with Crippen LogP contribution >= 0.6 is 11.8 Å². The molecule has 5 atom stereocenters. The summed E-state index contributed by atoms with van der Waals surface area (Å²) in [5.74, 6) is -3.14. The van der Waals surface area contributed by atoms with Gasteiger partial charge in [-0.2, -0.15) is 0 Å². The number of nitrogens with zero attached hydrogens (tertiary/aromatic N) is 3. The van der Waals surface area contributed by atoms with Crippen LogP contribution in [-0.4, -0.2) is 97.0 Å². The van der Waals surface area contributed by atoms with E-state index >= 15 is 0 Å². The van der Waals surface area contributed by atoms with Gasteiger partial charge in [-0.1, -0.05) is 23.9 Å². The van der Waals surface area contributed by atoms with E-state index in [-0.39, 0.29) is 29.9 Å². The molecule has 1 fully saturated rings. The Labute approximate surface area is 248 Å². The van der Waals surface area contributed by atoms with E-state index in [1.165, 1.54) is 11.8 Å². The van der Waals surface area contributed by atoms with Crippen molar-refractivity contribution in [2.24, 2.45) is 4.99 Å². The summed E-state index contributed by atoms with van der Waals surface area (Å²) in [5.41, 5.74) is 0.836. The zero-order chi connectivity index (χ0) is 31.1. The standard InChI is InChI=1S/C28H35N3O10S/c1-8-31-26(36)21(13-19-9-11-20(12-10-19)30(6)7)29-28(31)42-27-25(40-18(5)35)24(39-17(4)34)23(38-16(3)33)22(41-27)14-37-15(2)32/h9-13,22-25,27H,8,14H2,1-7H3/b21-13-/t22-,23-,24+,25-,27+/m1/s1. The fourth-order valence-electron chi connectivity index (χ4n) is 4.31. The van der Waals surface area contributed by atoms with Gasteiger partial charge < -0.3 is 28.6 Å². The summed E-state index contributed by atoms with van der Waals surface area (Å²) in [6.45, 7) is 6.34. The number of anilines is 1. The Morgan fingerprint density at radius 1 is 0.929 bits per heavy atom. The van der Waals surface area contributed by atoms with E-state index in [0.717, 1.165) is 43.8 Å². The van der Waals surface area contributed by atoms with Crippen LogP contribution in [0.15, 0.2) is 35.0 Å². The number of carbonyl (C=O) groups is 5. The van der Waals surface area contributed by atoms with Crippen LogP contribution in [0, 0.1) is 0 Å². The molecule has 0 aliphatic carbocycles. The number of benzene rings is 1. The fraction of sp³-hybridized carbons (Fsp3) is 0.500. The summed E-state index contributed by atoms with van der Waals surface area (Å²) in [5, 5.41) is 0.250. The van der Waals surface area contributed by atoms with E-state index < -0.39 is 53.7 Å². The minimum Gasteiger partial charge on any atom is -0.463 e. The third-order valence-electron chi connectivity index (χ3n) is 6.11. The third kappa shape index (κ3) is 8.32. The monoisotopic (exact) mass is 605 g/mol. The zero-order valence-corrected chi connectivity index (χ0v) is 25.3. The van der Waals surface area contributed by atoms with Gasteiger partial charge in [0.05, 0.1) is 0 Å². The van der Waals surface area contributed by atoms with Crippen molar-refractivity contribution in [1.29, 1.82) is 0 Å². The second-order valence-electron chi connectivity index (χ2n) is 9.64. The second-order valence-corrected chi connectivity index (χ2v) is 10.7. The van der Waals surface area contributed by atoms with Crippen LogP contribution in [0.1, 0.15) is 40.2 Å². The van der Waals surface area contributed by atoms with Gasteiger partial charge in [0, 0.05) is 54.0 Å². The highest BCUT2D eigenvalue weighted by atomic mass is 32.2. The number of thioether (sulfide) groups is 1. The quantitative estimate of drug-likeness (QED) is 0.230. The number of hydrogen-bond acceptors (Lipinski definition) is 13. The lowest BCUT2D eigenvalue weighted by atomic mass is 9.99. The van der Waals surface area contributed by atoms with Crippen molar-refractivity contribution in [3.8, 4) is 0 Å². The zero-order valence-electron chi connectivity index (χ0n) is 24.5. The lowest BCUT2D eigenvalue weighted by Crippen LogP contribution is -2.61. The Hall–Kier alpha value is -3.91. The van der Waals surface area contributed by atoms with Crippen LogP contribution in [0.3, 0.4) is 0 Å². The van der Waals surface area contributed by atoms with Crippen molar-refractivity contribution in [3.63, 3.8) is 0 Å². The first kappa shape index (κ1) is 32.6. The molecular weight excluding hydrogens is 570 g/mol. The molecule has 1 saturated heterocycles. The fourth-order valence-corrected chi connectivity index (χ4v) is 5.55. The first-order valence-electron chi connectivity index (χ1n) is 13.2. The topological polar surface area (TPSA) is 150 Å². The van der Waals surface area contributed by atoms with Crippen LogP contribution in [0.25, 0.3) is 6.08 Å². The third-order valence-corrected chi connectivity index (χ3v) is 7.24. The highest BCUT2D eigenvalue weighted by molar-refractivity contribution is 8.14. The minimum absolute atomic E-state index is 0.183. The summed E-state index contributed by atoms with van der Waals surface area (Å²) < 4.78 is 27.7. The molecule has 228 valence electrons. The van der Waals surface area contributed by atoms with Crippen molar-refractivity contribution in [2.45, 2.75) is 64.5 Å². The van der Waals surface area contributed by atoms with E-state index in [2.05, 4.69) is 4.99 Å². The molecule has 0 saturated carbocycles. The SMILES string of the molecule is CCN1C(=O)/C(=C/c2ccc(N(C)C)cc2)N=C1S[C@@H]1O[C@H](COC(C)=O)[C@@H](OC(C)=O)[C@H](OC(C)=O)[C@H]1OC(C)=O. The van der Waals surface area contributed by atoms with Crippen LogP contribution in [0.5, 0.6) is 0 Å². The molecule has 0 N–H and O–H groups in total. The van der Waals surface area contributed by atoms with Gasteiger partial charge in [-0.15, -0.1) is 0 Å². The lowest BCUT2D eigenvalue weighted by Gasteiger charge is -2.44. The molecule has 1 aromatic carbocycles. The molecule has 2 aliphatic rings. The maximum absolute atomic E-state index is 13.3. The predicted octanol–water partition coefficient (Wildman–Crippen LogP) is 2.13. The van der Waals surface area contributed by atoms with Crippen LogP contribution in [-0.2, 0) is 47.7 Å². The molecule has 2 aliphatic heterocycles. The highest BCUT2D eigenvalue weighted by Crippen LogP contribution is 2.37. The number of hydrogen-bond donors (Lipinski definition) is 0. The molecule has 1 amide bonds. The Balaban J connectivity index is 2.00. The Morgan fingerprint density at radius 3 is 2.02 bits per heavy atom. The van der Waals surface area contributed by atoms with Crippen molar-refractivity contribution in [2.75, 3.05) is 32.1 Å². The molecule has 0 spiro atoms. The first-order valence-corrected chi connectivity index (χ1v) is 14.0. The number of amidine groups is 1. The second kappa shape index (κ2) is 14.3. The van der Waals surface area contributed by atoms with Crippen LogP contribution in [0.2, 0.25) is 0 Å². The lowest BCUT2D eigenvalue weighted by molar-refractivity contribution is -0.237. The molecule has 42 heavy (non-hydrogen) atoms. The highest BCUT2D eigenvalue weighted by Gasteiger charge is 2.53. The van der Waals surface area contributed by atoms with E-state index in [4.69, 9.17) is 23.7 Å². The molecular formula is C28H35N3O10S. The van der Waals surface area contributed by atoms with Crippen molar-refractivity contribution >= 4 is 58.5 Å². The minimum atomic E-state index is -1.32. The molecule has 0 radical (unpaired) electrons. The summed E-state index contributed by atoms with van der Waals surface area (Å²) >= 11 is 0.961.